The van der Waals surface area contributed by atoms with Gasteiger partial charge in [-0.2, -0.15) is 0 Å². The van der Waals surface area contributed by atoms with Gasteiger partial charge in [-0.15, -0.1) is 0 Å². The standard InChI is InChI=1S/C19H28ClF/c1-2-3-4-5-6-7-15-8-10-16(11-9-15)17-12-13-18(20)19(21)14-17/h12-16H,2-11H2,1H3/t15-,16-. The fourth-order valence-corrected chi connectivity index (χ4v) is 3.70. The van der Waals surface area contributed by atoms with E-state index < -0.39 is 0 Å². The fraction of sp³-hybridized carbons (Fsp3) is 0.684. The Bertz CT molecular complexity index is 422. The number of hydrogen-bond donors (Lipinski definition) is 0. The number of benzene rings is 1. The maximum Gasteiger partial charge on any atom is 0.142 e. The average molecular weight is 311 g/mol. The molecule has 1 fully saturated rings. The summed E-state index contributed by atoms with van der Waals surface area (Å²) in [5.41, 5.74) is 1.14. The first-order valence-corrected chi connectivity index (χ1v) is 9.03. The Balaban J connectivity index is 1.71. The molecule has 0 bridgehead atoms. The Labute approximate surface area is 134 Å². The second-order valence-electron chi connectivity index (χ2n) is 6.59. The highest BCUT2D eigenvalue weighted by atomic mass is 35.5. The topological polar surface area (TPSA) is 0 Å². The molecule has 0 nitrogen and oxygen atoms in total. The molecule has 0 radical (unpaired) electrons. The summed E-state index contributed by atoms with van der Waals surface area (Å²) in [5, 5.41) is 0.236. The van der Waals surface area contributed by atoms with Crippen molar-refractivity contribution in [2.45, 2.75) is 77.0 Å². The Morgan fingerprint density at radius 1 is 1.05 bits per heavy atom. The molecule has 118 valence electrons. The minimum absolute atomic E-state index is 0.236. The van der Waals surface area contributed by atoms with Gasteiger partial charge in [-0.1, -0.05) is 63.1 Å². The van der Waals surface area contributed by atoms with Gasteiger partial charge < -0.3 is 0 Å². The summed E-state index contributed by atoms with van der Waals surface area (Å²) >= 11 is 5.76. The van der Waals surface area contributed by atoms with Crippen LogP contribution >= 0.6 is 11.6 Å². The van der Waals surface area contributed by atoms with Gasteiger partial charge >= 0.3 is 0 Å². The molecule has 1 aliphatic carbocycles. The van der Waals surface area contributed by atoms with Crippen LogP contribution in [0.25, 0.3) is 0 Å². The van der Waals surface area contributed by atoms with Gasteiger partial charge in [-0.25, -0.2) is 4.39 Å². The van der Waals surface area contributed by atoms with Crippen LogP contribution in [0.5, 0.6) is 0 Å². The van der Waals surface area contributed by atoms with Crippen molar-refractivity contribution in [1.82, 2.24) is 0 Å². The summed E-state index contributed by atoms with van der Waals surface area (Å²) < 4.78 is 13.5. The molecular formula is C19H28ClF. The van der Waals surface area contributed by atoms with Gasteiger partial charge in [0.15, 0.2) is 0 Å². The third kappa shape index (κ3) is 5.29. The molecule has 2 heteroatoms. The molecule has 0 heterocycles. The summed E-state index contributed by atoms with van der Waals surface area (Å²) in [4.78, 5) is 0. The molecule has 0 spiro atoms. The molecule has 0 aromatic heterocycles. The zero-order valence-electron chi connectivity index (χ0n) is 13.2. The average Bonchev–Trinajstić information content (AvgIpc) is 2.50. The molecule has 1 aromatic rings. The molecule has 0 atom stereocenters. The van der Waals surface area contributed by atoms with Crippen LogP contribution in [0, 0.1) is 11.7 Å². The summed E-state index contributed by atoms with van der Waals surface area (Å²) in [5.74, 6) is 1.17. The zero-order valence-corrected chi connectivity index (χ0v) is 14.0. The summed E-state index contributed by atoms with van der Waals surface area (Å²) in [6, 6.07) is 5.34. The lowest BCUT2D eigenvalue weighted by Crippen LogP contribution is -2.13. The van der Waals surface area contributed by atoms with Crippen LogP contribution in [0.4, 0.5) is 4.39 Å². The van der Waals surface area contributed by atoms with Gasteiger partial charge in [-0.3, -0.25) is 0 Å². The number of unbranched alkanes of at least 4 members (excludes halogenated alkanes) is 4. The van der Waals surface area contributed by atoms with E-state index in [1.165, 1.54) is 64.2 Å². The lowest BCUT2D eigenvalue weighted by molar-refractivity contribution is 0.301. The van der Waals surface area contributed by atoms with E-state index in [-0.39, 0.29) is 10.8 Å². The summed E-state index contributed by atoms with van der Waals surface area (Å²) in [6.45, 7) is 2.26. The number of halogens is 2. The Morgan fingerprint density at radius 2 is 1.76 bits per heavy atom. The molecule has 1 aromatic carbocycles. The van der Waals surface area contributed by atoms with Crippen molar-refractivity contribution in [3.8, 4) is 0 Å². The minimum Gasteiger partial charge on any atom is -0.205 e. The highest BCUT2D eigenvalue weighted by molar-refractivity contribution is 6.30. The van der Waals surface area contributed by atoms with Crippen molar-refractivity contribution in [2.24, 2.45) is 5.92 Å². The third-order valence-electron chi connectivity index (χ3n) is 4.98. The van der Waals surface area contributed by atoms with E-state index in [2.05, 4.69) is 6.92 Å². The van der Waals surface area contributed by atoms with Crippen molar-refractivity contribution in [3.63, 3.8) is 0 Å². The molecule has 0 N–H and O–H groups in total. The first kappa shape index (κ1) is 16.8. The normalized spacial score (nSPS) is 22.4. The van der Waals surface area contributed by atoms with Crippen LogP contribution in [0.3, 0.4) is 0 Å². The van der Waals surface area contributed by atoms with Crippen LogP contribution in [0.15, 0.2) is 18.2 Å². The van der Waals surface area contributed by atoms with Crippen molar-refractivity contribution in [2.75, 3.05) is 0 Å². The van der Waals surface area contributed by atoms with E-state index in [4.69, 9.17) is 11.6 Å². The van der Waals surface area contributed by atoms with Gasteiger partial charge in [0, 0.05) is 0 Å². The van der Waals surface area contributed by atoms with Crippen molar-refractivity contribution < 1.29 is 4.39 Å². The molecular weight excluding hydrogens is 283 g/mol. The first-order valence-electron chi connectivity index (χ1n) is 8.65. The monoisotopic (exact) mass is 310 g/mol. The lowest BCUT2D eigenvalue weighted by atomic mass is 9.77. The van der Waals surface area contributed by atoms with Crippen LogP contribution in [-0.2, 0) is 0 Å². The molecule has 1 saturated carbocycles. The molecule has 0 aliphatic heterocycles. The van der Waals surface area contributed by atoms with Crippen molar-refractivity contribution >= 4 is 11.6 Å². The molecule has 0 amide bonds. The SMILES string of the molecule is CCCCCCC[C@H]1CC[C@H](c2ccc(Cl)c(F)c2)CC1. The van der Waals surface area contributed by atoms with Crippen molar-refractivity contribution in [1.29, 1.82) is 0 Å². The van der Waals surface area contributed by atoms with E-state index in [0.717, 1.165) is 11.5 Å². The summed E-state index contributed by atoms with van der Waals surface area (Å²) in [7, 11) is 0. The Kier molecular flexibility index (Phi) is 7.03. The van der Waals surface area contributed by atoms with Gasteiger partial charge in [-0.05, 0) is 55.2 Å². The van der Waals surface area contributed by atoms with E-state index >= 15 is 0 Å². The summed E-state index contributed by atoms with van der Waals surface area (Å²) in [6.07, 6.45) is 13.3. The fourth-order valence-electron chi connectivity index (χ4n) is 3.59. The number of hydrogen-bond acceptors (Lipinski definition) is 0. The highest BCUT2D eigenvalue weighted by Crippen LogP contribution is 2.38. The predicted molar refractivity (Wildman–Crippen MR) is 89.5 cm³/mol. The maximum absolute atomic E-state index is 13.5. The second kappa shape index (κ2) is 8.78. The molecule has 1 aliphatic rings. The Morgan fingerprint density at radius 3 is 2.43 bits per heavy atom. The second-order valence-corrected chi connectivity index (χ2v) is 7.00. The van der Waals surface area contributed by atoms with E-state index in [0.29, 0.717) is 5.92 Å². The molecule has 21 heavy (non-hydrogen) atoms. The maximum atomic E-state index is 13.5. The van der Waals surface area contributed by atoms with Gasteiger partial charge in [0.25, 0.3) is 0 Å². The first-order chi connectivity index (χ1) is 10.2. The van der Waals surface area contributed by atoms with E-state index in [1.807, 2.05) is 6.07 Å². The van der Waals surface area contributed by atoms with Gasteiger partial charge in [0.05, 0.1) is 5.02 Å². The minimum atomic E-state index is -0.271. The van der Waals surface area contributed by atoms with Crippen LogP contribution in [0.2, 0.25) is 5.02 Å². The van der Waals surface area contributed by atoms with E-state index in [9.17, 15) is 4.39 Å². The smallest absolute Gasteiger partial charge is 0.142 e. The van der Waals surface area contributed by atoms with Crippen LogP contribution < -0.4 is 0 Å². The van der Waals surface area contributed by atoms with Crippen molar-refractivity contribution in [3.05, 3.63) is 34.6 Å². The highest BCUT2D eigenvalue weighted by Gasteiger charge is 2.22. The molecule has 0 unspecified atom stereocenters. The Hall–Kier alpha value is -0.560. The van der Waals surface area contributed by atoms with E-state index in [1.54, 1.807) is 12.1 Å². The molecule has 2 rings (SSSR count). The van der Waals surface area contributed by atoms with Crippen LogP contribution in [-0.4, -0.2) is 0 Å². The van der Waals surface area contributed by atoms with Crippen LogP contribution in [0.1, 0.15) is 82.6 Å². The third-order valence-corrected chi connectivity index (χ3v) is 5.28. The number of rotatable bonds is 7. The zero-order chi connectivity index (χ0) is 15.1. The van der Waals surface area contributed by atoms with Gasteiger partial charge in [0.1, 0.15) is 5.82 Å². The van der Waals surface area contributed by atoms with Gasteiger partial charge in [0.2, 0.25) is 0 Å². The quantitative estimate of drug-likeness (QED) is 0.470. The lowest BCUT2D eigenvalue weighted by Gasteiger charge is -2.29. The largest absolute Gasteiger partial charge is 0.205 e. The molecule has 0 saturated heterocycles. The predicted octanol–water partition coefficient (Wildman–Crippen LogP) is 7.11.